The van der Waals surface area contributed by atoms with Gasteiger partial charge in [-0.1, -0.05) is 37.3 Å². The number of nitrogens with zero attached hydrogens (tertiary/aromatic N) is 6. The van der Waals surface area contributed by atoms with Crippen molar-refractivity contribution in [3.8, 4) is 5.00 Å². The number of aryl methyl sites for hydroxylation is 2. The highest BCUT2D eigenvalue weighted by Crippen LogP contribution is 2.41. The average Bonchev–Trinajstić information content (AvgIpc) is 3.67. The normalized spacial score (nSPS) is 18.7. The minimum absolute atomic E-state index is 0.0201. The molecule has 3 N–H and O–H groups in total. The Labute approximate surface area is 334 Å². The number of hydrogen-bond donors (Lipinski definition) is 3. The maximum Gasteiger partial charge on any atom is 0.306 e. The molecule has 0 bridgehead atoms. The maximum atomic E-state index is 13.3. The number of carbonyl (C=O) groups excluding carboxylic acids is 3. The van der Waals surface area contributed by atoms with Crippen LogP contribution in [-0.4, -0.2) is 79.3 Å². The number of likely N-dealkylation sites (tertiary alicyclic amines) is 1. The molecule has 5 heterocycles. The fourth-order valence-corrected chi connectivity index (χ4v) is 9.28. The number of para-hydroxylation sites is 1. The van der Waals surface area contributed by atoms with Gasteiger partial charge in [0.15, 0.2) is 5.82 Å². The van der Waals surface area contributed by atoms with Gasteiger partial charge in [-0.2, -0.15) is 0 Å². The van der Waals surface area contributed by atoms with Crippen molar-refractivity contribution in [2.45, 2.75) is 78.0 Å². The van der Waals surface area contributed by atoms with Crippen LogP contribution in [0.4, 0.5) is 11.4 Å². The first-order chi connectivity index (χ1) is 27.4. The van der Waals surface area contributed by atoms with Gasteiger partial charge in [0.1, 0.15) is 16.9 Å². The van der Waals surface area contributed by atoms with Crippen molar-refractivity contribution < 1.29 is 24.3 Å². The number of anilines is 2. The second kappa shape index (κ2) is 15.1. The quantitative estimate of drug-likeness (QED) is 0.151. The molecule has 292 valence electrons. The van der Waals surface area contributed by atoms with Crippen LogP contribution in [0.5, 0.6) is 0 Å². The second-order valence-corrected chi connectivity index (χ2v) is 16.2. The molecule has 0 saturated carbocycles. The molecule has 3 aliphatic heterocycles. The van der Waals surface area contributed by atoms with Crippen LogP contribution in [0, 0.1) is 20.8 Å². The Morgan fingerprint density at radius 3 is 2.32 bits per heavy atom. The molecule has 0 aliphatic carbocycles. The number of aliphatic carboxylic acids is 1. The van der Waals surface area contributed by atoms with Gasteiger partial charge in [-0.25, -0.2) is 0 Å². The summed E-state index contributed by atoms with van der Waals surface area (Å²) in [6.45, 7) is 10.7. The highest BCUT2D eigenvalue weighted by atomic mass is 32.1. The summed E-state index contributed by atoms with van der Waals surface area (Å²) in [5.41, 5.74) is 7.29. The summed E-state index contributed by atoms with van der Waals surface area (Å²) >= 11 is 1.59. The largest absolute Gasteiger partial charge is 0.481 e. The van der Waals surface area contributed by atoms with Gasteiger partial charge in [-0.3, -0.25) is 28.7 Å². The summed E-state index contributed by atoms with van der Waals surface area (Å²) in [5.74, 6) is -0.0747. The molecule has 1 saturated heterocycles. The van der Waals surface area contributed by atoms with Gasteiger partial charge in [0.2, 0.25) is 5.91 Å². The van der Waals surface area contributed by atoms with E-state index in [4.69, 9.17) is 4.99 Å². The lowest BCUT2D eigenvalue weighted by Gasteiger charge is -2.40. The van der Waals surface area contributed by atoms with Crippen LogP contribution in [0.2, 0.25) is 0 Å². The molecule has 2 aromatic heterocycles. The van der Waals surface area contributed by atoms with Crippen molar-refractivity contribution in [1.29, 1.82) is 0 Å². The van der Waals surface area contributed by atoms with Crippen LogP contribution in [-0.2, 0) is 9.59 Å². The molecular formula is C43H44N8O5S. The number of nitrogens with one attached hydrogen (secondary N) is 2. The third-order valence-corrected chi connectivity index (χ3v) is 12.4. The number of thiophene rings is 1. The van der Waals surface area contributed by atoms with Crippen molar-refractivity contribution >= 4 is 52.1 Å². The van der Waals surface area contributed by atoms with E-state index in [9.17, 15) is 24.3 Å². The van der Waals surface area contributed by atoms with Gasteiger partial charge in [-0.05, 0) is 87.7 Å². The minimum Gasteiger partial charge on any atom is -0.481 e. The lowest BCUT2D eigenvalue weighted by atomic mass is 9.91. The van der Waals surface area contributed by atoms with E-state index in [0.717, 1.165) is 49.9 Å². The van der Waals surface area contributed by atoms with Crippen LogP contribution >= 0.6 is 11.3 Å². The SMILES string of the molecule is CCC(=O)N1c2ccccc2[C@H](Nc2ccc(C(=O)N3CC(NC(=O)c4ccc(C5=N[C@@H](CC(=O)O)c6nnc(C)n6-c6sc(C)c(C)c65)cc4)C3)cc2)C[C@@H]1C. The molecule has 1 fully saturated rings. The molecule has 13 nitrogen and oxygen atoms in total. The highest BCUT2D eigenvalue weighted by molar-refractivity contribution is 7.15. The molecule has 0 radical (unpaired) electrons. The molecule has 14 heteroatoms. The van der Waals surface area contributed by atoms with Crippen LogP contribution in [0.3, 0.4) is 0 Å². The van der Waals surface area contributed by atoms with Crippen LogP contribution in [0.25, 0.3) is 5.00 Å². The fourth-order valence-electron chi connectivity index (χ4n) is 8.07. The van der Waals surface area contributed by atoms with E-state index >= 15 is 0 Å². The standard InChI is InChI=1S/C43H44N8O5S/c1-6-36(52)50-23(2)19-33(32-9-7-8-10-35(32)50)44-30-17-15-29(16-18-30)42(56)49-21-31(22-49)45-41(55)28-13-11-27(12-14-28)39-38-24(3)25(4)57-43(38)51-26(5)47-48-40(51)34(46-39)20-37(53)54/h7-18,23,31,33-34,44H,6,19-22H2,1-5H3,(H,45,55)(H,53,54)/t23-,33+,34-/m0/s1. The summed E-state index contributed by atoms with van der Waals surface area (Å²) in [4.78, 5) is 61.0. The predicted molar refractivity (Wildman–Crippen MR) is 219 cm³/mol. The number of carboxylic acids is 1. The van der Waals surface area contributed by atoms with Crippen LogP contribution < -0.4 is 15.5 Å². The fraction of sp³-hybridized carbons (Fsp3) is 0.326. The van der Waals surface area contributed by atoms with Gasteiger partial charge >= 0.3 is 5.97 Å². The summed E-state index contributed by atoms with van der Waals surface area (Å²) in [5, 5.41) is 25.9. The molecule has 3 aromatic carbocycles. The van der Waals surface area contributed by atoms with Crippen molar-refractivity contribution in [1.82, 2.24) is 25.0 Å². The average molecular weight is 785 g/mol. The zero-order chi connectivity index (χ0) is 40.1. The van der Waals surface area contributed by atoms with Crippen LogP contribution in [0.1, 0.15) is 105 Å². The molecule has 0 spiro atoms. The molecule has 3 amide bonds. The van der Waals surface area contributed by atoms with E-state index in [2.05, 4.69) is 33.8 Å². The highest BCUT2D eigenvalue weighted by Gasteiger charge is 2.35. The second-order valence-electron chi connectivity index (χ2n) is 15.0. The Balaban J connectivity index is 0.899. The van der Waals surface area contributed by atoms with Crippen LogP contribution in [0.15, 0.2) is 77.8 Å². The van der Waals surface area contributed by atoms with Gasteiger partial charge in [0.05, 0.1) is 24.2 Å². The van der Waals surface area contributed by atoms with E-state index in [-0.39, 0.29) is 42.3 Å². The maximum absolute atomic E-state index is 13.3. The Kier molecular flexibility index (Phi) is 9.98. The molecule has 3 aliphatic rings. The van der Waals surface area contributed by atoms with Crippen molar-refractivity contribution in [2.24, 2.45) is 4.99 Å². The monoisotopic (exact) mass is 784 g/mol. The topological polar surface area (TPSA) is 162 Å². The number of fused-ring (bicyclic) bond motifs is 4. The predicted octanol–water partition coefficient (Wildman–Crippen LogP) is 6.56. The Morgan fingerprint density at radius 1 is 0.912 bits per heavy atom. The number of benzene rings is 3. The summed E-state index contributed by atoms with van der Waals surface area (Å²) in [7, 11) is 0. The first kappa shape index (κ1) is 37.8. The summed E-state index contributed by atoms with van der Waals surface area (Å²) in [6, 6.07) is 21.8. The van der Waals surface area contributed by atoms with Gasteiger partial charge in [0.25, 0.3) is 11.8 Å². The molecule has 57 heavy (non-hydrogen) atoms. The van der Waals surface area contributed by atoms with E-state index in [0.29, 0.717) is 48.0 Å². The van der Waals surface area contributed by atoms with Crippen molar-refractivity contribution in [3.05, 3.63) is 123 Å². The first-order valence-corrected chi connectivity index (χ1v) is 20.0. The van der Waals surface area contributed by atoms with E-state index in [1.165, 1.54) is 0 Å². The number of rotatable bonds is 9. The first-order valence-electron chi connectivity index (χ1n) is 19.2. The number of carboxylic acid groups (broad SMARTS) is 1. The Morgan fingerprint density at radius 2 is 1.61 bits per heavy atom. The number of aromatic nitrogens is 3. The molecule has 8 rings (SSSR count). The van der Waals surface area contributed by atoms with E-state index in [1.54, 1.807) is 28.4 Å². The van der Waals surface area contributed by atoms with E-state index in [1.807, 2.05) is 91.8 Å². The van der Waals surface area contributed by atoms with Crippen molar-refractivity contribution in [2.75, 3.05) is 23.3 Å². The van der Waals surface area contributed by atoms with E-state index < -0.39 is 12.0 Å². The number of aliphatic imine (C=N–C) groups is 1. The third kappa shape index (κ3) is 6.98. The Bertz CT molecular complexity index is 2430. The summed E-state index contributed by atoms with van der Waals surface area (Å²) in [6.07, 6.45) is 0.974. The van der Waals surface area contributed by atoms with Gasteiger partial charge < -0.3 is 25.5 Å². The number of hydrogen-bond acceptors (Lipinski definition) is 9. The lowest BCUT2D eigenvalue weighted by molar-refractivity contribution is -0.137. The van der Waals surface area contributed by atoms with Gasteiger partial charge in [0, 0.05) is 64.1 Å². The van der Waals surface area contributed by atoms with Gasteiger partial charge in [-0.15, -0.1) is 21.5 Å². The lowest BCUT2D eigenvalue weighted by Crippen LogP contribution is -2.60. The molecular weight excluding hydrogens is 741 g/mol. The summed E-state index contributed by atoms with van der Waals surface area (Å²) < 4.78 is 1.91. The molecule has 5 aromatic rings. The van der Waals surface area contributed by atoms with Crippen molar-refractivity contribution in [3.63, 3.8) is 0 Å². The zero-order valence-electron chi connectivity index (χ0n) is 32.4. The number of amides is 3. The molecule has 0 unspecified atom stereocenters. The third-order valence-electron chi connectivity index (χ3n) is 11.2. The number of carbonyl (C=O) groups is 4. The zero-order valence-corrected chi connectivity index (χ0v) is 33.3. The molecule has 3 atom stereocenters. The smallest absolute Gasteiger partial charge is 0.306 e. The minimum atomic E-state index is -0.987. The Hall–Kier alpha value is -6.15.